The van der Waals surface area contributed by atoms with Gasteiger partial charge in [-0.25, -0.2) is 0 Å². The number of unbranched alkanes of at least 4 members (excludes halogenated alkanes) is 1. The van der Waals surface area contributed by atoms with Crippen molar-refractivity contribution in [2.24, 2.45) is 0 Å². The second-order valence-corrected chi connectivity index (χ2v) is 8.64. The molecule has 38 heavy (non-hydrogen) atoms. The molecule has 0 saturated carbocycles. The standard InChI is InChI=1S/C27H36O11/c1-6-14-32-22-12-10-21(11-13-22)9-7-8-15-33-27-26(37-20(5)31)25(36-19(4)30)24(35-18(3)29)23(38-27)16-34-17(2)28/h6,10-13,23-27H,1,7-9,14-16H2,2-5H3. The fourth-order valence-corrected chi connectivity index (χ4v) is 3.86. The minimum Gasteiger partial charge on any atom is -0.490 e. The molecule has 0 bridgehead atoms. The molecule has 1 fully saturated rings. The van der Waals surface area contributed by atoms with Gasteiger partial charge in [0.15, 0.2) is 24.6 Å². The molecule has 210 valence electrons. The summed E-state index contributed by atoms with van der Waals surface area (Å²) in [5.41, 5.74) is 1.13. The van der Waals surface area contributed by atoms with Crippen molar-refractivity contribution in [3.63, 3.8) is 0 Å². The van der Waals surface area contributed by atoms with Gasteiger partial charge in [-0.15, -0.1) is 0 Å². The molecule has 1 aliphatic heterocycles. The number of carbonyl (C=O) groups is 4. The van der Waals surface area contributed by atoms with E-state index in [-0.39, 0.29) is 13.2 Å². The quantitative estimate of drug-likeness (QED) is 0.150. The van der Waals surface area contributed by atoms with Crippen molar-refractivity contribution in [2.75, 3.05) is 19.8 Å². The zero-order valence-corrected chi connectivity index (χ0v) is 22.2. The zero-order chi connectivity index (χ0) is 28.1. The first-order chi connectivity index (χ1) is 18.1. The lowest BCUT2D eigenvalue weighted by molar-refractivity contribution is -0.308. The van der Waals surface area contributed by atoms with Crippen LogP contribution in [-0.2, 0) is 54.0 Å². The molecule has 1 aliphatic rings. The van der Waals surface area contributed by atoms with E-state index in [0.29, 0.717) is 13.0 Å². The van der Waals surface area contributed by atoms with Crippen molar-refractivity contribution in [3.8, 4) is 5.75 Å². The van der Waals surface area contributed by atoms with Crippen molar-refractivity contribution in [1.29, 1.82) is 0 Å². The Balaban J connectivity index is 2.07. The number of hydrogen-bond acceptors (Lipinski definition) is 11. The molecule has 0 spiro atoms. The van der Waals surface area contributed by atoms with Crippen LogP contribution < -0.4 is 4.74 Å². The fraction of sp³-hybridized carbons (Fsp3) is 0.556. The van der Waals surface area contributed by atoms with Gasteiger partial charge in [-0.2, -0.15) is 0 Å². The van der Waals surface area contributed by atoms with Crippen LogP contribution in [0.4, 0.5) is 0 Å². The molecule has 1 heterocycles. The van der Waals surface area contributed by atoms with Gasteiger partial charge in [0.05, 0.1) is 0 Å². The molecule has 2 rings (SSSR count). The summed E-state index contributed by atoms with van der Waals surface area (Å²) in [6.45, 7) is 8.72. The van der Waals surface area contributed by atoms with Gasteiger partial charge in [-0.3, -0.25) is 19.2 Å². The molecule has 0 N–H and O–H groups in total. The van der Waals surface area contributed by atoms with Gasteiger partial charge in [0, 0.05) is 34.3 Å². The number of esters is 4. The van der Waals surface area contributed by atoms with Crippen molar-refractivity contribution in [2.45, 2.75) is 77.7 Å². The lowest BCUT2D eigenvalue weighted by Crippen LogP contribution is -2.63. The Hall–Kier alpha value is -3.44. The molecule has 5 unspecified atom stereocenters. The van der Waals surface area contributed by atoms with E-state index in [4.69, 9.17) is 33.2 Å². The van der Waals surface area contributed by atoms with E-state index in [1.54, 1.807) is 6.08 Å². The second kappa shape index (κ2) is 15.7. The third-order valence-corrected chi connectivity index (χ3v) is 5.38. The number of carbonyl (C=O) groups excluding carboxylic acids is 4. The average Bonchev–Trinajstić information content (AvgIpc) is 2.84. The highest BCUT2D eigenvalue weighted by molar-refractivity contribution is 5.68. The second-order valence-electron chi connectivity index (χ2n) is 8.64. The van der Waals surface area contributed by atoms with E-state index < -0.39 is 54.6 Å². The molecule has 1 aromatic carbocycles. The topological polar surface area (TPSA) is 133 Å². The van der Waals surface area contributed by atoms with E-state index in [1.165, 1.54) is 27.7 Å². The molecule has 0 aliphatic carbocycles. The van der Waals surface area contributed by atoms with Crippen molar-refractivity contribution in [3.05, 3.63) is 42.5 Å². The molecule has 1 aromatic rings. The van der Waals surface area contributed by atoms with Crippen LogP contribution >= 0.6 is 0 Å². The number of hydrogen-bond donors (Lipinski definition) is 0. The lowest BCUT2D eigenvalue weighted by atomic mass is 9.98. The largest absolute Gasteiger partial charge is 0.490 e. The highest BCUT2D eigenvalue weighted by Gasteiger charge is 2.52. The fourth-order valence-electron chi connectivity index (χ4n) is 3.86. The maximum atomic E-state index is 11.9. The maximum Gasteiger partial charge on any atom is 0.303 e. The Labute approximate surface area is 222 Å². The summed E-state index contributed by atoms with van der Waals surface area (Å²) in [5.74, 6) is -1.88. The molecule has 0 aromatic heterocycles. The van der Waals surface area contributed by atoms with Crippen LogP contribution in [0.25, 0.3) is 0 Å². The molecule has 0 amide bonds. The first kappa shape index (κ1) is 30.8. The predicted octanol–water partition coefficient (Wildman–Crippen LogP) is 2.67. The average molecular weight is 537 g/mol. The molecule has 11 heteroatoms. The van der Waals surface area contributed by atoms with Gasteiger partial charge in [0.1, 0.15) is 25.1 Å². The Kier molecular flexibility index (Phi) is 12.7. The first-order valence-electron chi connectivity index (χ1n) is 12.4. The highest BCUT2D eigenvalue weighted by Crippen LogP contribution is 2.30. The predicted molar refractivity (Wildman–Crippen MR) is 133 cm³/mol. The van der Waals surface area contributed by atoms with Gasteiger partial charge in [0.2, 0.25) is 0 Å². The number of aryl methyl sites for hydroxylation is 1. The first-order valence-corrected chi connectivity index (χ1v) is 12.4. The summed E-state index contributed by atoms with van der Waals surface area (Å²) < 4.78 is 38.5. The van der Waals surface area contributed by atoms with E-state index in [1.807, 2.05) is 24.3 Å². The third-order valence-electron chi connectivity index (χ3n) is 5.38. The van der Waals surface area contributed by atoms with Crippen LogP contribution in [0.1, 0.15) is 46.1 Å². The van der Waals surface area contributed by atoms with E-state index in [2.05, 4.69) is 6.58 Å². The van der Waals surface area contributed by atoms with Gasteiger partial charge in [-0.05, 0) is 37.0 Å². The Morgan fingerprint density at radius 1 is 0.842 bits per heavy atom. The molecule has 11 nitrogen and oxygen atoms in total. The van der Waals surface area contributed by atoms with Crippen LogP contribution in [0.15, 0.2) is 36.9 Å². The molecule has 0 radical (unpaired) electrons. The van der Waals surface area contributed by atoms with Crippen LogP contribution in [0.2, 0.25) is 0 Å². The Morgan fingerprint density at radius 3 is 2.03 bits per heavy atom. The summed E-state index contributed by atoms with van der Waals surface area (Å²) in [5, 5.41) is 0. The summed E-state index contributed by atoms with van der Waals surface area (Å²) >= 11 is 0. The van der Waals surface area contributed by atoms with Crippen LogP contribution in [0.3, 0.4) is 0 Å². The molecule has 1 saturated heterocycles. The highest BCUT2D eigenvalue weighted by atomic mass is 16.7. The zero-order valence-electron chi connectivity index (χ0n) is 22.2. The summed E-state index contributed by atoms with van der Waals surface area (Å²) in [6, 6.07) is 7.76. The third kappa shape index (κ3) is 10.5. The number of ether oxygens (including phenoxy) is 7. The van der Waals surface area contributed by atoms with Crippen molar-refractivity contribution in [1.82, 2.24) is 0 Å². The van der Waals surface area contributed by atoms with E-state index >= 15 is 0 Å². The van der Waals surface area contributed by atoms with Gasteiger partial charge < -0.3 is 33.2 Å². The van der Waals surface area contributed by atoms with E-state index in [9.17, 15) is 19.2 Å². The van der Waals surface area contributed by atoms with Crippen molar-refractivity contribution < 1.29 is 52.3 Å². The minimum absolute atomic E-state index is 0.230. The monoisotopic (exact) mass is 536 g/mol. The Morgan fingerprint density at radius 2 is 1.45 bits per heavy atom. The maximum absolute atomic E-state index is 11.9. The minimum atomic E-state index is -1.25. The number of benzene rings is 1. The molecule has 5 atom stereocenters. The molecular weight excluding hydrogens is 500 g/mol. The van der Waals surface area contributed by atoms with Crippen LogP contribution in [-0.4, -0.2) is 74.4 Å². The Bertz CT molecular complexity index is 943. The van der Waals surface area contributed by atoms with Crippen LogP contribution in [0, 0.1) is 0 Å². The van der Waals surface area contributed by atoms with E-state index in [0.717, 1.165) is 24.2 Å². The van der Waals surface area contributed by atoms with Gasteiger partial charge in [-0.1, -0.05) is 24.8 Å². The van der Waals surface area contributed by atoms with Gasteiger partial charge >= 0.3 is 23.9 Å². The van der Waals surface area contributed by atoms with Crippen molar-refractivity contribution >= 4 is 23.9 Å². The summed E-state index contributed by atoms with van der Waals surface area (Å²) in [7, 11) is 0. The SMILES string of the molecule is C=CCOc1ccc(CCCCOC2OC(COC(C)=O)C(OC(C)=O)C(OC(C)=O)C2OC(C)=O)cc1. The number of rotatable bonds is 14. The van der Waals surface area contributed by atoms with Crippen LogP contribution in [0.5, 0.6) is 5.75 Å². The van der Waals surface area contributed by atoms with Gasteiger partial charge in [0.25, 0.3) is 0 Å². The summed E-state index contributed by atoms with van der Waals surface area (Å²) in [6.07, 6.45) is -1.98. The molecular formula is C27H36O11. The normalized spacial score (nSPS) is 22.6. The smallest absolute Gasteiger partial charge is 0.303 e. The summed E-state index contributed by atoms with van der Waals surface area (Å²) in [4.78, 5) is 46.9. The lowest BCUT2D eigenvalue weighted by Gasteiger charge is -2.44.